The number of nitrogens with one attached hydrogen (secondary N) is 1. The van der Waals surface area contributed by atoms with Gasteiger partial charge in [-0.1, -0.05) is 44.2 Å². The minimum Gasteiger partial charge on any atom is -0.252 e. The molecule has 0 aliphatic carbocycles. The van der Waals surface area contributed by atoms with E-state index in [1.165, 1.54) is 5.56 Å². The standard InChI is InChI=1S/C21H24N8/c1-3-6-18-23-19(29(26-18)13-4-2)14-15-8-10-16(11-9-15)17-7-5-12-22-20(17)21-24-27-28-25-21/h5,7-12H,3-4,6,13-14H2,1-2H3,(H,24,25,27,28). The number of nitrogens with zero attached hydrogens (tertiary/aromatic N) is 7. The number of hydrogen-bond acceptors (Lipinski definition) is 6. The molecule has 0 aliphatic heterocycles. The summed E-state index contributed by atoms with van der Waals surface area (Å²) in [7, 11) is 0. The molecule has 3 heterocycles. The number of aromatic nitrogens is 8. The van der Waals surface area contributed by atoms with Gasteiger partial charge in [0.25, 0.3) is 0 Å². The van der Waals surface area contributed by atoms with Crippen LogP contribution in [0.25, 0.3) is 22.6 Å². The third-order valence-electron chi connectivity index (χ3n) is 4.69. The minimum absolute atomic E-state index is 0.487. The van der Waals surface area contributed by atoms with Crippen LogP contribution in [0.15, 0.2) is 42.6 Å². The summed E-state index contributed by atoms with van der Waals surface area (Å²) in [5, 5.41) is 18.9. The highest BCUT2D eigenvalue weighted by Crippen LogP contribution is 2.28. The molecule has 0 amide bonds. The Kier molecular flexibility index (Phi) is 5.69. The van der Waals surface area contributed by atoms with Crippen molar-refractivity contribution in [1.29, 1.82) is 0 Å². The third-order valence-corrected chi connectivity index (χ3v) is 4.69. The van der Waals surface area contributed by atoms with Crippen LogP contribution in [0.3, 0.4) is 0 Å². The lowest BCUT2D eigenvalue weighted by molar-refractivity contribution is 0.570. The van der Waals surface area contributed by atoms with Gasteiger partial charge in [0.2, 0.25) is 5.82 Å². The van der Waals surface area contributed by atoms with Gasteiger partial charge in [-0.3, -0.25) is 4.98 Å². The van der Waals surface area contributed by atoms with E-state index >= 15 is 0 Å². The van der Waals surface area contributed by atoms with E-state index in [1.54, 1.807) is 6.20 Å². The first kappa shape index (κ1) is 18.9. The van der Waals surface area contributed by atoms with Crippen molar-refractivity contribution in [2.24, 2.45) is 0 Å². The summed E-state index contributed by atoms with van der Waals surface area (Å²) in [6.07, 6.45) is 5.51. The maximum atomic E-state index is 4.76. The zero-order valence-electron chi connectivity index (χ0n) is 16.7. The topological polar surface area (TPSA) is 98.1 Å². The molecule has 8 heteroatoms. The van der Waals surface area contributed by atoms with E-state index in [0.29, 0.717) is 11.5 Å². The molecule has 0 bridgehead atoms. The molecule has 0 spiro atoms. The van der Waals surface area contributed by atoms with E-state index < -0.39 is 0 Å². The monoisotopic (exact) mass is 388 g/mol. The molecule has 0 atom stereocenters. The number of aryl methyl sites for hydroxylation is 2. The SMILES string of the molecule is CCCc1nc(Cc2ccc(-c3cccnc3-c3nn[nH]n3)cc2)n(CCC)n1. The van der Waals surface area contributed by atoms with E-state index in [2.05, 4.69) is 68.8 Å². The van der Waals surface area contributed by atoms with Gasteiger partial charge in [0.05, 0.1) is 0 Å². The Morgan fingerprint density at radius 1 is 1.03 bits per heavy atom. The molecule has 0 aliphatic rings. The lowest BCUT2D eigenvalue weighted by atomic mass is 10.0. The summed E-state index contributed by atoms with van der Waals surface area (Å²) in [6, 6.07) is 12.4. The average Bonchev–Trinajstić information content (AvgIpc) is 3.40. The molecule has 0 fully saturated rings. The fourth-order valence-corrected chi connectivity index (χ4v) is 3.34. The first-order valence-corrected chi connectivity index (χ1v) is 9.99. The van der Waals surface area contributed by atoms with E-state index in [9.17, 15) is 0 Å². The van der Waals surface area contributed by atoms with E-state index in [0.717, 1.165) is 55.0 Å². The van der Waals surface area contributed by atoms with E-state index in [4.69, 9.17) is 4.98 Å². The summed E-state index contributed by atoms with van der Waals surface area (Å²) >= 11 is 0. The predicted molar refractivity (Wildman–Crippen MR) is 110 cm³/mol. The molecule has 8 nitrogen and oxygen atoms in total. The molecule has 4 aromatic rings. The van der Waals surface area contributed by atoms with Crippen molar-refractivity contribution in [3.05, 3.63) is 59.8 Å². The highest BCUT2D eigenvalue weighted by Gasteiger charge is 2.13. The van der Waals surface area contributed by atoms with Crippen LogP contribution in [0, 0.1) is 0 Å². The van der Waals surface area contributed by atoms with Crippen molar-refractivity contribution in [2.45, 2.75) is 46.1 Å². The molecule has 1 aromatic carbocycles. The molecule has 1 N–H and O–H groups in total. The molecular weight excluding hydrogens is 364 g/mol. The highest BCUT2D eigenvalue weighted by atomic mass is 15.5. The van der Waals surface area contributed by atoms with Crippen LogP contribution in [-0.4, -0.2) is 40.4 Å². The molecule has 148 valence electrons. The number of tetrazole rings is 1. The van der Waals surface area contributed by atoms with Crippen molar-refractivity contribution in [1.82, 2.24) is 40.4 Å². The summed E-state index contributed by atoms with van der Waals surface area (Å²) in [4.78, 5) is 9.19. The van der Waals surface area contributed by atoms with Crippen LogP contribution in [-0.2, 0) is 19.4 Å². The third kappa shape index (κ3) is 4.21. The smallest absolute Gasteiger partial charge is 0.223 e. The predicted octanol–water partition coefficient (Wildman–Crippen LogP) is 3.47. The minimum atomic E-state index is 0.487. The molecular formula is C21H24N8. The number of rotatable bonds is 8. The Morgan fingerprint density at radius 2 is 1.90 bits per heavy atom. The lowest BCUT2D eigenvalue weighted by Gasteiger charge is -2.08. The Labute approximate surface area is 169 Å². The number of benzene rings is 1. The number of pyridine rings is 1. The van der Waals surface area contributed by atoms with Crippen molar-refractivity contribution >= 4 is 0 Å². The second-order valence-corrected chi connectivity index (χ2v) is 6.93. The maximum absolute atomic E-state index is 4.76. The molecule has 0 saturated carbocycles. The molecule has 3 aromatic heterocycles. The van der Waals surface area contributed by atoms with Gasteiger partial charge in [-0.25, -0.2) is 9.67 Å². The van der Waals surface area contributed by atoms with Crippen molar-refractivity contribution < 1.29 is 0 Å². The fraction of sp³-hybridized carbons (Fsp3) is 0.333. The van der Waals surface area contributed by atoms with Crippen LogP contribution in [0.4, 0.5) is 0 Å². The Balaban J connectivity index is 1.59. The van der Waals surface area contributed by atoms with E-state index in [-0.39, 0.29) is 0 Å². The first-order chi connectivity index (χ1) is 14.3. The maximum Gasteiger partial charge on any atom is 0.223 e. The Morgan fingerprint density at radius 3 is 2.62 bits per heavy atom. The Bertz CT molecular complexity index is 1050. The second-order valence-electron chi connectivity index (χ2n) is 6.93. The molecule has 4 rings (SSSR count). The fourth-order valence-electron chi connectivity index (χ4n) is 3.34. The van der Waals surface area contributed by atoms with Crippen LogP contribution in [0.5, 0.6) is 0 Å². The van der Waals surface area contributed by atoms with Gasteiger partial charge in [-0.05, 0) is 35.2 Å². The van der Waals surface area contributed by atoms with Crippen LogP contribution < -0.4 is 0 Å². The molecule has 0 saturated heterocycles. The second kappa shape index (κ2) is 8.72. The van der Waals surface area contributed by atoms with Crippen LogP contribution in [0.1, 0.15) is 43.9 Å². The van der Waals surface area contributed by atoms with Gasteiger partial charge in [0.15, 0.2) is 5.82 Å². The van der Waals surface area contributed by atoms with Gasteiger partial charge in [0, 0.05) is 31.1 Å². The van der Waals surface area contributed by atoms with Gasteiger partial charge in [-0.2, -0.15) is 10.3 Å². The summed E-state index contributed by atoms with van der Waals surface area (Å²) in [5.41, 5.74) is 3.94. The number of aromatic amines is 1. The van der Waals surface area contributed by atoms with Crippen LogP contribution in [0.2, 0.25) is 0 Å². The number of H-pyrrole nitrogens is 1. The number of hydrogen-bond donors (Lipinski definition) is 1. The van der Waals surface area contributed by atoms with Crippen molar-refractivity contribution in [3.8, 4) is 22.6 Å². The average molecular weight is 388 g/mol. The van der Waals surface area contributed by atoms with Gasteiger partial charge in [0.1, 0.15) is 11.5 Å². The van der Waals surface area contributed by atoms with Crippen LogP contribution >= 0.6 is 0 Å². The van der Waals surface area contributed by atoms with Gasteiger partial charge >= 0.3 is 0 Å². The zero-order chi connectivity index (χ0) is 20.1. The first-order valence-electron chi connectivity index (χ1n) is 9.99. The summed E-state index contributed by atoms with van der Waals surface area (Å²) in [5.74, 6) is 2.45. The molecule has 0 unspecified atom stereocenters. The normalized spacial score (nSPS) is 11.1. The van der Waals surface area contributed by atoms with E-state index in [1.807, 2.05) is 16.8 Å². The molecule has 0 radical (unpaired) electrons. The summed E-state index contributed by atoms with van der Waals surface area (Å²) in [6.45, 7) is 5.21. The largest absolute Gasteiger partial charge is 0.252 e. The van der Waals surface area contributed by atoms with Crippen molar-refractivity contribution in [3.63, 3.8) is 0 Å². The Hall–Kier alpha value is -3.42. The lowest BCUT2D eigenvalue weighted by Crippen LogP contribution is -2.06. The highest BCUT2D eigenvalue weighted by molar-refractivity contribution is 5.77. The van der Waals surface area contributed by atoms with Crippen molar-refractivity contribution in [2.75, 3.05) is 0 Å². The van der Waals surface area contributed by atoms with Gasteiger partial charge < -0.3 is 0 Å². The quantitative estimate of drug-likeness (QED) is 0.496. The summed E-state index contributed by atoms with van der Waals surface area (Å²) < 4.78 is 2.05. The molecule has 29 heavy (non-hydrogen) atoms. The zero-order valence-corrected chi connectivity index (χ0v) is 16.7. The van der Waals surface area contributed by atoms with Gasteiger partial charge in [-0.15, -0.1) is 10.2 Å².